The lowest BCUT2D eigenvalue weighted by Crippen LogP contribution is -2.22. The number of pyridine rings is 1. The molecule has 2 aromatic carbocycles. The molecule has 0 fully saturated rings. The van der Waals surface area contributed by atoms with Crippen LogP contribution in [-0.2, 0) is 6.54 Å². The van der Waals surface area contributed by atoms with Crippen molar-refractivity contribution in [3.63, 3.8) is 0 Å². The van der Waals surface area contributed by atoms with Gasteiger partial charge in [-0.25, -0.2) is 0 Å². The monoisotopic (exact) mass is 346 g/mol. The van der Waals surface area contributed by atoms with Gasteiger partial charge in [0.05, 0.1) is 12.1 Å². The fourth-order valence-corrected chi connectivity index (χ4v) is 2.74. The first-order valence-electron chi connectivity index (χ1n) is 8.57. The first-order chi connectivity index (χ1) is 12.4. The SMILES string of the molecule is Cc1ccc(Cn2cc(C(=O)Nc3cc(C)ccc3C)ccc2=O)cc1. The fourth-order valence-electron chi connectivity index (χ4n) is 2.74. The van der Waals surface area contributed by atoms with E-state index in [1.54, 1.807) is 16.8 Å². The van der Waals surface area contributed by atoms with Crippen LogP contribution in [0.2, 0.25) is 0 Å². The minimum absolute atomic E-state index is 0.131. The second-order valence-corrected chi connectivity index (χ2v) is 6.64. The Balaban J connectivity index is 1.84. The number of nitrogens with zero attached hydrogens (tertiary/aromatic N) is 1. The number of hydrogen-bond acceptors (Lipinski definition) is 2. The first kappa shape index (κ1) is 17.7. The number of carbonyl (C=O) groups excluding carboxylic acids is 1. The Hall–Kier alpha value is -3.14. The van der Waals surface area contributed by atoms with Gasteiger partial charge in [0.1, 0.15) is 0 Å². The Morgan fingerprint density at radius 1 is 0.923 bits per heavy atom. The summed E-state index contributed by atoms with van der Waals surface area (Å²) >= 11 is 0. The second-order valence-electron chi connectivity index (χ2n) is 6.64. The summed E-state index contributed by atoms with van der Waals surface area (Å²) in [5.74, 6) is -0.226. The van der Waals surface area contributed by atoms with Crippen LogP contribution < -0.4 is 10.9 Å². The van der Waals surface area contributed by atoms with Crippen LogP contribution in [0.15, 0.2) is 65.6 Å². The Bertz CT molecular complexity index is 1000. The molecule has 0 spiro atoms. The van der Waals surface area contributed by atoms with E-state index in [-0.39, 0.29) is 11.5 Å². The van der Waals surface area contributed by atoms with Gasteiger partial charge in [-0.15, -0.1) is 0 Å². The van der Waals surface area contributed by atoms with E-state index < -0.39 is 0 Å². The third-order valence-electron chi connectivity index (χ3n) is 4.36. The zero-order chi connectivity index (χ0) is 18.7. The van der Waals surface area contributed by atoms with Crippen molar-refractivity contribution in [2.75, 3.05) is 5.32 Å². The van der Waals surface area contributed by atoms with Gasteiger partial charge < -0.3 is 9.88 Å². The zero-order valence-corrected chi connectivity index (χ0v) is 15.2. The summed E-state index contributed by atoms with van der Waals surface area (Å²) in [5, 5.41) is 2.93. The topological polar surface area (TPSA) is 51.1 Å². The molecule has 1 heterocycles. The highest BCUT2D eigenvalue weighted by molar-refractivity contribution is 6.04. The van der Waals surface area contributed by atoms with Crippen molar-refractivity contribution in [2.24, 2.45) is 0 Å². The van der Waals surface area contributed by atoms with Crippen LogP contribution >= 0.6 is 0 Å². The molecular formula is C22H22N2O2. The quantitative estimate of drug-likeness (QED) is 0.774. The molecule has 0 unspecified atom stereocenters. The molecule has 1 aromatic heterocycles. The van der Waals surface area contributed by atoms with E-state index in [1.807, 2.05) is 63.2 Å². The second kappa shape index (κ2) is 7.40. The Labute approximate surface area is 153 Å². The maximum Gasteiger partial charge on any atom is 0.257 e. The summed E-state index contributed by atoms with van der Waals surface area (Å²) in [7, 11) is 0. The zero-order valence-electron chi connectivity index (χ0n) is 15.2. The molecule has 3 aromatic rings. The van der Waals surface area contributed by atoms with Gasteiger partial charge in [-0.3, -0.25) is 9.59 Å². The number of aryl methyl sites for hydroxylation is 3. The molecule has 1 N–H and O–H groups in total. The fraction of sp³-hybridized carbons (Fsp3) is 0.182. The molecule has 0 aliphatic carbocycles. The number of rotatable bonds is 4. The summed E-state index contributed by atoms with van der Waals surface area (Å²) in [6.45, 7) is 6.39. The lowest BCUT2D eigenvalue weighted by molar-refractivity contribution is 0.102. The molecule has 0 radical (unpaired) electrons. The predicted molar refractivity (Wildman–Crippen MR) is 105 cm³/mol. The molecule has 0 bridgehead atoms. The lowest BCUT2D eigenvalue weighted by atomic mass is 10.1. The van der Waals surface area contributed by atoms with Crippen molar-refractivity contribution >= 4 is 11.6 Å². The average molecular weight is 346 g/mol. The highest BCUT2D eigenvalue weighted by Gasteiger charge is 2.10. The highest BCUT2D eigenvalue weighted by Crippen LogP contribution is 2.17. The molecule has 26 heavy (non-hydrogen) atoms. The van der Waals surface area contributed by atoms with E-state index >= 15 is 0 Å². The largest absolute Gasteiger partial charge is 0.322 e. The van der Waals surface area contributed by atoms with E-state index in [4.69, 9.17) is 0 Å². The molecule has 0 atom stereocenters. The molecule has 132 valence electrons. The van der Waals surface area contributed by atoms with E-state index in [0.717, 1.165) is 22.4 Å². The predicted octanol–water partition coefficient (Wildman–Crippen LogP) is 4.07. The molecule has 1 amide bonds. The van der Waals surface area contributed by atoms with Gasteiger partial charge in [0.2, 0.25) is 0 Å². The summed E-state index contributed by atoms with van der Waals surface area (Å²) in [4.78, 5) is 24.8. The first-order valence-corrected chi connectivity index (χ1v) is 8.57. The van der Waals surface area contributed by atoms with Crippen LogP contribution in [0.4, 0.5) is 5.69 Å². The maximum atomic E-state index is 12.6. The summed E-state index contributed by atoms with van der Waals surface area (Å²) in [5.41, 5.74) is 5.37. The van der Waals surface area contributed by atoms with E-state index in [2.05, 4.69) is 5.32 Å². The molecule has 4 nitrogen and oxygen atoms in total. The number of aromatic nitrogens is 1. The minimum Gasteiger partial charge on any atom is -0.322 e. The maximum absolute atomic E-state index is 12.6. The summed E-state index contributed by atoms with van der Waals surface area (Å²) in [6, 6.07) is 16.9. The summed E-state index contributed by atoms with van der Waals surface area (Å²) < 4.78 is 1.56. The van der Waals surface area contributed by atoms with Crippen molar-refractivity contribution in [2.45, 2.75) is 27.3 Å². The van der Waals surface area contributed by atoms with Crippen molar-refractivity contribution in [3.8, 4) is 0 Å². The van der Waals surface area contributed by atoms with Crippen LogP contribution in [0.1, 0.15) is 32.6 Å². The van der Waals surface area contributed by atoms with Gasteiger partial charge in [-0.05, 0) is 49.6 Å². The third-order valence-corrected chi connectivity index (χ3v) is 4.36. The van der Waals surface area contributed by atoms with Crippen LogP contribution in [0, 0.1) is 20.8 Å². The van der Waals surface area contributed by atoms with E-state index in [9.17, 15) is 9.59 Å². The molecule has 0 saturated carbocycles. The van der Waals surface area contributed by atoms with Crippen LogP contribution in [0.3, 0.4) is 0 Å². The molecule has 0 aliphatic heterocycles. The highest BCUT2D eigenvalue weighted by atomic mass is 16.2. The van der Waals surface area contributed by atoms with Crippen molar-refractivity contribution < 1.29 is 4.79 Å². The number of nitrogens with one attached hydrogen (secondary N) is 1. The molecule has 0 aliphatic rings. The Kier molecular flexibility index (Phi) is 5.03. The number of carbonyl (C=O) groups is 1. The van der Waals surface area contributed by atoms with Gasteiger partial charge in [0.25, 0.3) is 11.5 Å². The van der Waals surface area contributed by atoms with Gasteiger partial charge in [-0.1, -0.05) is 42.0 Å². The smallest absolute Gasteiger partial charge is 0.257 e. The molecular weight excluding hydrogens is 324 g/mol. The van der Waals surface area contributed by atoms with Gasteiger partial charge in [0, 0.05) is 18.0 Å². The Morgan fingerprint density at radius 2 is 1.62 bits per heavy atom. The van der Waals surface area contributed by atoms with Gasteiger partial charge in [-0.2, -0.15) is 0 Å². The number of anilines is 1. The van der Waals surface area contributed by atoms with E-state index in [1.165, 1.54) is 11.6 Å². The third kappa shape index (κ3) is 4.09. The van der Waals surface area contributed by atoms with Crippen LogP contribution in [-0.4, -0.2) is 10.5 Å². The molecule has 0 saturated heterocycles. The van der Waals surface area contributed by atoms with Gasteiger partial charge >= 0.3 is 0 Å². The Morgan fingerprint density at radius 3 is 2.35 bits per heavy atom. The van der Waals surface area contributed by atoms with Crippen LogP contribution in [0.25, 0.3) is 0 Å². The molecule has 3 rings (SSSR count). The average Bonchev–Trinajstić information content (AvgIpc) is 2.62. The summed E-state index contributed by atoms with van der Waals surface area (Å²) in [6.07, 6.45) is 1.61. The standard InChI is InChI=1S/C22H22N2O2/c1-15-5-8-18(9-6-15)13-24-14-19(10-11-21(24)25)22(26)23-20-12-16(2)4-7-17(20)3/h4-12,14H,13H2,1-3H3,(H,23,26). The minimum atomic E-state index is -0.226. The van der Waals surface area contributed by atoms with Crippen molar-refractivity contribution in [1.29, 1.82) is 0 Å². The van der Waals surface area contributed by atoms with Crippen LogP contribution in [0.5, 0.6) is 0 Å². The van der Waals surface area contributed by atoms with Gasteiger partial charge in [0.15, 0.2) is 0 Å². The molecule has 4 heteroatoms. The number of hydrogen-bond donors (Lipinski definition) is 1. The normalized spacial score (nSPS) is 10.6. The lowest BCUT2D eigenvalue weighted by Gasteiger charge is -2.11. The number of benzene rings is 2. The van der Waals surface area contributed by atoms with Crippen molar-refractivity contribution in [3.05, 3.63) is 99.0 Å². The van der Waals surface area contributed by atoms with E-state index in [0.29, 0.717) is 12.1 Å². The number of amides is 1. The van der Waals surface area contributed by atoms with Crippen molar-refractivity contribution in [1.82, 2.24) is 4.57 Å².